The molecule has 3 fully saturated rings. The molecule has 2 aliphatic heterocycles. The monoisotopic (exact) mass is 534 g/mol. The van der Waals surface area contributed by atoms with Crippen molar-refractivity contribution in [2.45, 2.75) is 50.5 Å². The van der Waals surface area contributed by atoms with Crippen molar-refractivity contribution in [3.05, 3.63) is 41.7 Å². The highest BCUT2D eigenvalue weighted by Crippen LogP contribution is 2.35. The third kappa shape index (κ3) is 6.72. The number of hydrogen-bond donors (Lipinski definition) is 3. The van der Waals surface area contributed by atoms with E-state index in [0.717, 1.165) is 70.1 Å². The van der Waals surface area contributed by atoms with Crippen LogP contribution in [0.4, 0.5) is 17.3 Å². The molecule has 1 atom stereocenters. The molecule has 1 aromatic heterocycles. The van der Waals surface area contributed by atoms with E-state index in [1.54, 1.807) is 11.2 Å². The van der Waals surface area contributed by atoms with Crippen LogP contribution in [0.25, 0.3) is 0 Å². The maximum absolute atomic E-state index is 12.4. The average Bonchev–Trinajstić information content (AvgIpc) is 3.79. The number of likely N-dealkylation sites (N-methyl/N-ethyl adjacent to an activating group) is 1. The van der Waals surface area contributed by atoms with Gasteiger partial charge in [0.25, 0.3) is 5.91 Å². The number of likely N-dealkylation sites (tertiary alicyclic amines) is 1. The van der Waals surface area contributed by atoms with Crippen LogP contribution in [-0.4, -0.2) is 83.8 Å². The molecule has 39 heavy (non-hydrogen) atoms. The molecule has 3 heterocycles. The van der Waals surface area contributed by atoms with Crippen LogP contribution in [0, 0.1) is 5.92 Å². The number of piperidine rings is 2. The van der Waals surface area contributed by atoms with Gasteiger partial charge in [0, 0.05) is 50.9 Å². The summed E-state index contributed by atoms with van der Waals surface area (Å²) in [5.74, 6) is 1.39. The van der Waals surface area contributed by atoms with E-state index in [0.29, 0.717) is 36.6 Å². The van der Waals surface area contributed by atoms with E-state index in [2.05, 4.69) is 32.8 Å². The molecule has 11 heteroatoms. The third-order valence-electron chi connectivity index (χ3n) is 7.87. The summed E-state index contributed by atoms with van der Waals surface area (Å²) in [5, 5.41) is 5.04. The fourth-order valence-electron chi connectivity index (χ4n) is 5.56. The van der Waals surface area contributed by atoms with Gasteiger partial charge >= 0.3 is 0 Å². The number of amides is 2. The molecule has 1 saturated carbocycles. The number of benzene rings is 1. The Morgan fingerprint density at radius 3 is 2.51 bits per heavy atom. The highest BCUT2D eigenvalue weighted by Gasteiger charge is 2.35. The molecule has 1 aromatic carbocycles. The second-order valence-electron chi connectivity index (χ2n) is 10.9. The summed E-state index contributed by atoms with van der Waals surface area (Å²) in [6.45, 7) is 3.48. The lowest BCUT2D eigenvalue weighted by molar-refractivity contribution is -0.133. The van der Waals surface area contributed by atoms with Gasteiger partial charge in [-0.1, -0.05) is 12.1 Å². The average molecular weight is 535 g/mol. The van der Waals surface area contributed by atoms with Crippen molar-refractivity contribution in [3.63, 3.8) is 0 Å². The molecule has 2 aromatic rings. The lowest BCUT2D eigenvalue weighted by Crippen LogP contribution is -2.51. The normalized spacial score (nSPS) is 20.2. The van der Waals surface area contributed by atoms with Crippen LogP contribution in [0.1, 0.15) is 60.5 Å². The Labute approximate surface area is 229 Å². The second-order valence-corrected chi connectivity index (χ2v) is 10.9. The number of primary amides is 1. The minimum Gasteiger partial charge on any atom is -0.364 e. The van der Waals surface area contributed by atoms with Gasteiger partial charge in [-0.2, -0.15) is 0 Å². The first-order chi connectivity index (χ1) is 18.9. The summed E-state index contributed by atoms with van der Waals surface area (Å²) in [6.07, 6.45) is 8.45. The van der Waals surface area contributed by atoms with E-state index in [4.69, 9.17) is 10.7 Å². The Morgan fingerprint density at radius 1 is 1.10 bits per heavy atom. The van der Waals surface area contributed by atoms with E-state index in [1.807, 2.05) is 24.1 Å². The van der Waals surface area contributed by atoms with Crippen LogP contribution in [-0.2, 0) is 9.59 Å². The van der Waals surface area contributed by atoms with E-state index >= 15 is 0 Å². The zero-order chi connectivity index (χ0) is 27.4. The number of carbonyl (C=O) groups excluding carboxylic acids is 3. The predicted molar refractivity (Wildman–Crippen MR) is 149 cm³/mol. The first kappa shape index (κ1) is 27.0. The molecule has 0 spiro atoms. The topological polar surface area (TPSA) is 137 Å². The molecule has 2 amide bonds. The number of carbonyl (C=O) groups is 3. The van der Waals surface area contributed by atoms with Crippen molar-refractivity contribution >= 4 is 35.4 Å². The van der Waals surface area contributed by atoms with Crippen LogP contribution >= 0.6 is 0 Å². The Kier molecular flexibility index (Phi) is 8.37. The Morgan fingerprint density at radius 2 is 1.85 bits per heavy atom. The van der Waals surface area contributed by atoms with Crippen LogP contribution in [0.15, 0.2) is 30.5 Å². The van der Waals surface area contributed by atoms with Gasteiger partial charge in [0.1, 0.15) is 12.1 Å². The quantitative estimate of drug-likeness (QED) is 0.309. The molecule has 0 radical (unpaired) electrons. The van der Waals surface area contributed by atoms with Gasteiger partial charge in [-0.05, 0) is 62.1 Å². The summed E-state index contributed by atoms with van der Waals surface area (Å²) in [4.78, 5) is 48.5. The van der Waals surface area contributed by atoms with Crippen molar-refractivity contribution in [2.24, 2.45) is 11.7 Å². The molecule has 5 rings (SSSR count). The first-order valence-corrected chi connectivity index (χ1v) is 13.9. The standard InChI is InChI=1S/C28H38N8O3/c1-34(15-16-37)33-23-3-2-12-36(18-23)24-17-30-25(26(29)38)27(32-24)31-22-8-6-19(7-9-22)20-10-13-35(14-11-20)28(39)21-4-5-21/h6-9,16-17,20-21,23,33H,2-5,10-15,18H2,1H3,(H2,29,38)(H,31,32)/t23-/m1/s1. The Hall–Kier alpha value is -3.57. The number of anilines is 3. The Balaban J connectivity index is 1.24. The molecule has 208 valence electrons. The van der Waals surface area contributed by atoms with Crippen LogP contribution in [0.3, 0.4) is 0 Å². The van der Waals surface area contributed by atoms with Crippen LogP contribution in [0.2, 0.25) is 0 Å². The zero-order valence-electron chi connectivity index (χ0n) is 22.5. The van der Waals surface area contributed by atoms with Gasteiger partial charge in [-0.15, -0.1) is 0 Å². The minimum atomic E-state index is -0.644. The molecular weight excluding hydrogens is 496 g/mol. The lowest BCUT2D eigenvalue weighted by atomic mass is 9.89. The highest BCUT2D eigenvalue weighted by molar-refractivity contribution is 5.96. The summed E-state index contributed by atoms with van der Waals surface area (Å²) < 4.78 is 0. The van der Waals surface area contributed by atoms with E-state index < -0.39 is 5.91 Å². The third-order valence-corrected chi connectivity index (χ3v) is 7.87. The number of aldehydes is 1. The van der Waals surface area contributed by atoms with Crippen molar-refractivity contribution in [2.75, 3.05) is 50.0 Å². The smallest absolute Gasteiger partial charge is 0.271 e. The number of rotatable bonds is 10. The van der Waals surface area contributed by atoms with Crippen LogP contribution < -0.4 is 21.4 Å². The summed E-state index contributed by atoms with van der Waals surface area (Å²) in [7, 11) is 1.85. The van der Waals surface area contributed by atoms with Gasteiger partial charge < -0.3 is 25.6 Å². The number of hydrazine groups is 1. The summed E-state index contributed by atoms with van der Waals surface area (Å²) >= 11 is 0. The highest BCUT2D eigenvalue weighted by atomic mass is 16.2. The van der Waals surface area contributed by atoms with Crippen molar-refractivity contribution in [1.29, 1.82) is 0 Å². The van der Waals surface area contributed by atoms with Crippen LogP contribution in [0.5, 0.6) is 0 Å². The van der Waals surface area contributed by atoms with Crippen molar-refractivity contribution in [3.8, 4) is 0 Å². The zero-order valence-corrected chi connectivity index (χ0v) is 22.5. The van der Waals surface area contributed by atoms with E-state index in [-0.39, 0.29) is 17.7 Å². The molecule has 4 N–H and O–H groups in total. The number of aromatic nitrogens is 2. The number of hydrogen-bond acceptors (Lipinski definition) is 9. The predicted octanol–water partition coefficient (Wildman–Crippen LogP) is 2.04. The van der Waals surface area contributed by atoms with Gasteiger partial charge in [0.05, 0.1) is 12.7 Å². The molecule has 0 bridgehead atoms. The number of nitrogens with one attached hydrogen (secondary N) is 2. The maximum Gasteiger partial charge on any atom is 0.271 e. The second kappa shape index (κ2) is 12.1. The maximum atomic E-state index is 12.4. The molecule has 3 aliphatic rings. The lowest BCUT2D eigenvalue weighted by Gasteiger charge is -2.35. The summed E-state index contributed by atoms with van der Waals surface area (Å²) in [5.41, 5.74) is 11.1. The minimum absolute atomic E-state index is 0.0907. The van der Waals surface area contributed by atoms with Gasteiger partial charge in [-0.3, -0.25) is 15.0 Å². The van der Waals surface area contributed by atoms with E-state index in [1.165, 1.54) is 5.56 Å². The van der Waals surface area contributed by atoms with Gasteiger partial charge in [0.2, 0.25) is 5.91 Å². The molecule has 11 nitrogen and oxygen atoms in total. The summed E-state index contributed by atoms with van der Waals surface area (Å²) in [6, 6.07) is 8.34. The molecule has 0 unspecified atom stereocenters. The Bertz CT molecular complexity index is 1180. The van der Waals surface area contributed by atoms with Gasteiger partial charge in [-0.25, -0.2) is 15.0 Å². The number of nitrogens with zero attached hydrogens (tertiary/aromatic N) is 5. The van der Waals surface area contributed by atoms with Crippen molar-refractivity contribution in [1.82, 2.24) is 25.3 Å². The molecule has 2 saturated heterocycles. The molecule has 1 aliphatic carbocycles. The fourth-order valence-corrected chi connectivity index (χ4v) is 5.56. The molecular formula is C28H38N8O3. The van der Waals surface area contributed by atoms with E-state index in [9.17, 15) is 14.4 Å². The fraction of sp³-hybridized carbons (Fsp3) is 0.536. The largest absolute Gasteiger partial charge is 0.364 e. The number of nitrogens with two attached hydrogens (primary N) is 1. The van der Waals surface area contributed by atoms with Gasteiger partial charge in [0.15, 0.2) is 11.5 Å². The first-order valence-electron chi connectivity index (χ1n) is 13.9. The van der Waals surface area contributed by atoms with Crippen molar-refractivity contribution < 1.29 is 14.4 Å². The SMILES string of the molecule is CN(CC=O)N[C@@H]1CCCN(c2cnc(C(N)=O)c(Nc3ccc(C4CCN(C(=O)C5CC5)CC4)cc3)n2)C1.